The van der Waals surface area contributed by atoms with E-state index in [1.54, 1.807) is 18.3 Å². The Morgan fingerprint density at radius 2 is 1.78 bits per heavy atom. The summed E-state index contributed by atoms with van der Waals surface area (Å²) in [5.41, 5.74) is 1.38. The second-order valence-electron chi connectivity index (χ2n) is 5.36. The highest BCUT2D eigenvalue weighted by atomic mass is 19.4. The summed E-state index contributed by atoms with van der Waals surface area (Å²) in [6.45, 7) is 0.345. The Kier molecular flexibility index (Phi) is 5.96. The first kappa shape index (κ1) is 17.7. The van der Waals surface area contributed by atoms with Crippen molar-refractivity contribution in [1.82, 2.24) is 0 Å². The van der Waals surface area contributed by atoms with Crippen LogP contribution in [0.15, 0.2) is 29.3 Å². The maximum atomic E-state index is 12.7. The van der Waals surface area contributed by atoms with E-state index in [4.69, 9.17) is 9.47 Å². The third-order valence-electron chi connectivity index (χ3n) is 3.79. The normalized spacial score (nSPS) is 15.6. The van der Waals surface area contributed by atoms with Crippen LogP contribution in [0.4, 0.5) is 13.2 Å². The second-order valence-corrected chi connectivity index (χ2v) is 5.36. The maximum absolute atomic E-state index is 12.7. The summed E-state index contributed by atoms with van der Waals surface area (Å²) in [5, 5.41) is 1.50. The summed E-state index contributed by atoms with van der Waals surface area (Å²) in [4.78, 5) is 4.29. The molecule has 126 valence electrons. The third-order valence-corrected chi connectivity index (χ3v) is 3.79. The van der Waals surface area contributed by atoms with Crippen molar-refractivity contribution in [2.75, 3.05) is 20.8 Å². The van der Waals surface area contributed by atoms with E-state index in [-0.39, 0.29) is 0 Å². The van der Waals surface area contributed by atoms with Crippen LogP contribution in [-0.2, 0) is 9.47 Å². The smallest absolute Gasteiger partial charge is 0.354 e. The fraction of sp³-hybridized carbons (Fsp3) is 0.471. The average molecular weight is 327 g/mol. The predicted octanol–water partition coefficient (Wildman–Crippen LogP) is 2.42. The van der Waals surface area contributed by atoms with Crippen LogP contribution in [0.25, 0.3) is 11.1 Å². The van der Waals surface area contributed by atoms with E-state index in [2.05, 4.69) is 4.99 Å². The van der Waals surface area contributed by atoms with Gasteiger partial charge >= 0.3 is 6.18 Å². The van der Waals surface area contributed by atoms with Crippen LogP contribution in [0, 0.1) is 0 Å². The zero-order valence-corrected chi connectivity index (χ0v) is 13.2. The summed E-state index contributed by atoms with van der Waals surface area (Å²) < 4.78 is 48.3. The fourth-order valence-electron chi connectivity index (χ4n) is 2.68. The predicted molar refractivity (Wildman–Crippen MR) is 83.6 cm³/mol. The van der Waals surface area contributed by atoms with E-state index in [1.165, 1.54) is 14.2 Å². The molecular formula is C17H20F3NO2. The van der Waals surface area contributed by atoms with Crippen molar-refractivity contribution in [2.24, 2.45) is 4.99 Å². The molecule has 0 atom stereocenters. The molecule has 0 bridgehead atoms. The number of fused-ring (bicyclic) bond motifs is 1. The molecule has 2 rings (SSSR count). The molecule has 1 aromatic rings. The number of ether oxygens (including phenoxy) is 2. The quantitative estimate of drug-likeness (QED) is 0.593. The van der Waals surface area contributed by atoms with Gasteiger partial charge < -0.3 is 9.47 Å². The Morgan fingerprint density at radius 3 is 2.39 bits per heavy atom. The Hall–Kier alpha value is -1.66. The first-order valence-corrected chi connectivity index (χ1v) is 7.37. The number of hydrogen-bond donors (Lipinski definition) is 0. The molecule has 0 radical (unpaired) electrons. The molecule has 1 aliphatic carbocycles. The number of rotatable bonds is 6. The van der Waals surface area contributed by atoms with Gasteiger partial charge in [0.15, 0.2) is 6.29 Å². The van der Waals surface area contributed by atoms with Gasteiger partial charge in [-0.3, -0.25) is 4.99 Å². The van der Waals surface area contributed by atoms with E-state index >= 15 is 0 Å². The van der Waals surface area contributed by atoms with E-state index in [1.807, 2.05) is 12.1 Å². The van der Waals surface area contributed by atoms with Crippen LogP contribution in [0.5, 0.6) is 0 Å². The van der Waals surface area contributed by atoms with Gasteiger partial charge in [0, 0.05) is 20.4 Å². The van der Waals surface area contributed by atoms with Gasteiger partial charge in [0.2, 0.25) is 0 Å². The van der Waals surface area contributed by atoms with Crippen LogP contribution in [0.2, 0.25) is 0 Å². The minimum atomic E-state index is -4.18. The number of hydrogen-bond acceptors (Lipinski definition) is 3. The lowest BCUT2D eigenvalue weighted by Crippen LogP contribution is -2.33. The second kappa shape index (κ2) is 7.75. The molecule has 0 N–H and O–H groups in total. The highest BCUT2D eigenvalue weighted by molar-refractivity contribution is 6.02. The van der Waals surface area contributed by atoms with Crippen molar-refractivity contribution in [3.8, 4) is 0 Å². The Labute approximate surface area is 133 Å². The molecule has 0 spiro atoms. The molecule has 0 saturated heterocycles. The third kappa shape index (κ3) is 4.91. The molecule has 0 amide bonds. The van der Waals surface area contributed by atoms with Crippen LogP contribution in [0.1, 0.15) is 19.3 Å². The summed E-state index contributed by atoms with van der Waals surface area (Å²) in [7, 11) is 3.07. The van der Waals surface area contributed by atoms with E-state index < -0.39 is 18.9 Å². The van der Waals surface area contributed by atoms with Crippen LogP contribution in [0.3, 0.4) is 0 Å². The molecule has 1 aliphatic rings. The minimum absolute atomic E-state index is 0.345. The number of halogens is 3. The molecule has 0 unspecified atom stereocenters. The monoisotopic (exact) mass is 327 g/mol. The molecule has 3 nitrogen and oxygen atoms in total. The number of benzene rings is 1. The molecule has 23 heavy (non-hydrogen) atoms. The SMILES string of the molecule is COC(C/N=C/C1=c2ccccc2=C(CC(F)(F)F)CC1)OC. The minimum Gasteiger partial charge on any atom is -0.354 e. The lowest BCUT2D eigenvalue weighted by atomic mass is 9.92. The Bertz CT molecular complexity index is 676. The first-order valence-electron chi connectivity index (χ1n) is 7.37. The van der Waals surface area contributed by atoms with Gasteiger partial charge in [0.1, 0.15) is 0 Å². The molecule has 0 saturated carbocycles. The van der Waals surface area contributed by atoms with Gasteiger partial charge in [-0.05, 0) is 28.9 Å². The van der Waals surface area contributed by atoms with Crippen molar-refractivity contribution >= 4 is 17.4 Å². The lowest BCUT2D eigenvalue weighted by Gasteiger charge is -2.16. The maximum Gasteiger partial charge on any atom is 0.392 e. The summed E-state index contributed by atoms with van der Waals surface area (Å²) >= 11 is 0. The van der Waals surface area contributed by atoms with Crippen LogP contribution in [-0.4, -0.2) is 39.4 Å². The fourth-order valence-corrected chi connectivity index (χ4v) is 2.68. The van der Waals surface area contributed by atoms with Crippen LogP contribution < -0.4 is 10.4 Å². The molecule has 0 heterocycles. The van der Waals surface area contributed by atoms with Crippen molar-refractivity contribution in [3.05, 3.63) is 34.7 Å². The molecule has 6 heteroatoms. The standard InChI is InChI=1S/C17H20F3NO2/c1-22-16(23-2)11-21-10-13-8-7-12(9-17(18,19)20)14-5-3-4-6-15(13)14/h3-6,10,16H,7-9,11H2,1-2H3/b21-10+. The zero-order valence-electron chi connectivity index (χ0n) is 13.2. The van der Waals surface area contributed by atoms with Gasteiger partial charge in [0.25, 0.3) is 0 Å². The van der Waals surface area contributed by atoms with Crippen molar-refractivity contribution in [1.29, 1.82) is 0 Å². The van der Waals surface area contributed by atoms with Gasteiger partial charge in [0.05, 0.1) is 13.0 Å². The van der Waals surface area contributed by atoms with E-state index in [9.17, 15) is 13.2 Å². The number of alkyl halides is 3. The Balaban J connectivity index is 2.36. The van der Waals surface area contributed by atoms with Crippen LogP contribution >= 0.6 is 0 Å². The van der Waals surface area contributed by atoms with E-state index in [0.717, 1.165) is 10.8 Å². The van der Waals surface area contributed by atoms with Gasteiger partial charge in [-0.2, -0.15) is 13.2 Å². The average Bonchev–Trinajstić information content (AvgIpc) is 2.52. The molecule has 0 fully saturated rings. The lowest BCUT2D eigenvalue weighted by molar-refractivity contribution is -0.123. The van der Waals surface area contributed by atoms with E-state index in [0.29, 0.717) is 30.2 Å². The highest BCUT2D eigenvalue weighted by Crippen LogP contribution is 2.28. The molecular weight excluding hydrogens is 307 g/mol. The van der Waals surface area contributed by atoms with Crippen molar-refractivity contribution in [3.63, 3.8) is 0 Å². The summed E-state index contributed by atoms with van der Waals surface area (Å²) in [6.07, 6.45) is -2.79. The van der Waals surface area contributed by atoms with Gasteiger partial charge in [-0.1, -0.05) is 29.8 Å². The summed E-state index contributed by atoms with van der Waals surface area (Å²) in [5.74, 6) is 0. The number of methoxy groups -OCH3 is 2. The highest BCUT2D eigenvalue weighted by Gasteiger charge is 2.29. The van der Waals surface area contributed by atoms with Crippen molar-refractivity contribution in [2.45, 2.75) is 31.7 Å². The molecule has 1 aromatic carbocycles. The topological polar surface area (TPSA) is 30.8 Å². The number of nitrogens with zero attached hydrogens (tertiary/aromatic N) is 1. The summed E-state index contributed by atoms with van der Waals surface area (Å²) in [6, 6.07) is 7.18. The zero-order chi connectivity index (χ0) is 16.9. The largest absolute Gasteiger partial charge is 0.392 e. The Morgan fingerprint density at radius 1 is 1.13 bits per heavy atom. The van der Waals surface area contributed by atoms with Crippen molar-refractivity contribution < 1.29 is 22.6 Å². The number of aliphatic imine (C=N–C) groups is 1. The molecule has 0 aromatic heterocycles. The first-order chi connectivity index (χ1) is 10.9. The molecule has 0 aliphatic heterocycles. The van der Waals surface area contributed by atoms with Gasteiger partial charge in [-0.15, -0.1) is 0 Å². The van der Waals surface area contributed by atoms with Gasteiger partial charge in [-0.25, -0.2) is 0 Å².